The van der Waals surface area contributed by atoms with E-state index in [2.05, 4.69) is 11.2 Å². The number of halogens is 1. The van der Waals surface area contributed by atoms with Crippen LogP contribution in [0.2, 0.25) is 0 Å². The van der Waals surface area contributed by atoms with Gasteiger partial charge in [-0.25, -0.2) is 9.07 Å². The van der Waals surface area contributed by atoms with Crippen molar-refractivity contribution in [3.63, 3.8) is 0 Å². The summed E-state index contributed by atoms with van der Waals surface area (Å²) in [5.74, 6) is 3.24. The van der Waals surface area contributed by atoms with E-state index in [0.717, 1.165) is 29.8 Å². The van der Waals surface area contributed by atoms with Gasteiger partial charge >= 0.3 is 0 Å². The van der Waals surface area contributed by atoms with Crippen molar-refractivity contribution in [3.05, 3.63) is 77.7 Å². The number of anilines is 1. The average Bonchev–Trinajstić information content (AvgIpc) is 3.51. The molecule has 1 aromatic heterocycles. The van der Waals surface area contributed by atoms with Crippen molar-refractivity contribution < 1.29 is 9.18 Å². The number of amides is 1. The smallest absolute Gasteiger partial charge is 0.239 e. The molecular weight excluding hydrogens is 379 g/mol. The monoisotopic (exact) mass is 402 g/mol. The Morgan fingerprint density at radius 3 is 2.60 bits per heavy atom. The second-order valence-electron chi connectivity index (χ2n) is 7.50. The fourth-order valence-electron chi connectivity index (χ4n) is 3.36. The van der Waals surface area contributed by atoms with Gasteiger partial charge < -0.3 is 5.32 Å². The van der Waals surface area contributed by atoms with Gasteiger partial charge in [-0.2, -0.15) is 5.10 Å². The summed E-state index contributed by atoms with van der Waals surface area (Å²) < 4.78 is 14.9. The molecule has 0 spiro atoms. The second-order valence-corrected chi connectivity index (χ2v) is 7.50. The number of carbonyl (C=O) groups excluding carboxylic acids is 1. The van der Waals surface area contributed by atoms with Crippen LogP contribution in [-0.4, -0.2) is 33.7 Å². The quantitative estimate of drug-likeness (QED) is 0.580. The molecule has 0 saturated heterocycles. The minimum Gasteiger partial charge on any atom is -0.309 e. The number of nitrogens with zero attached hydrogens (tertiary/aromatic N) is 3. The van der Waals surface area contributed by atoms with Gasteiger partial charge in [-0.15, -0.1) is 6.42 Å². The molecule has 1 N–H and O–H groups in total. The van der Waals surface area contributed by atoms with E-state index in [9.17, 15) is 9.18 Å². The van der Waals surface area contributed by atoms with Gasteiger partial charge in [-0.05, 0) is 42.7 Å². The maximum Gasteiger partial charge on any atom is 0.239 e. The van der Waals surface area contributed by atoms with E-state index in [1.54, 1.807) is 16.8 Å². The number of terminal acetylenes is 1. The number of aromatic nitrogens is 2. The third-order valence-electron chi connectivity index (χ3n) is 4.99. The first kappa shape index (κ1) is 19.9. The van der Waals surface area contributed by atoms with Crippen LogP contribution in [0.5, 0.6) is 0 Å². The average molecular weight is 402 g/mol. The van der Waals surface area contributed by atoms with Gasteiger partial charge in [0.1, 0.15) is 11.6 Å². The number of hydrogen-bond donors (Lipinski definition) is 1. The molecule has 0 aliphatic heterocycles. The van der Waals surface area contributed by atoms with Gasteiger partial charge in [0.05, 0.1) is 24.5 Å². The predicted molar refractivity (Wildman–Crippen MR) is 115 cm³/mol. The fraction of sp³-hybridized carbons (Fsp3) is 0.250. The number of para-hydroxylation sites is 1. The van der Waals surface area contributed by atoms with Crippen LogP contribution in [0.4, 0.5) is 10.2 Å². The molecule has 1 fully saturated rings. The summed E-state index contributed by atoms with van der Waals surface area (Å²) in [5.41, 5.74) is 2.79. The van der Waals surface area contributed by atoms with Crippen molar-refractivity contribution in [2.45, 2.75) is 25.3 Å². The summed E-state index contributed by atoms with van der Waals surface area (Å²) in [6.45, 7) is 0.902. The van der Waals surface area contributed by atoms with E-state index in [0.29, 0.717) is 24.8 Å². The summed E-state index contributed by atoms with van der Waals surface area (Å²) >= 11 is 0. The highest BCUT2D eigenvalue weighted by molar-refractivity contribution is 5.91. The van der Waals surface area contributed by atoms with Crippen molar-refractivity contribution >= 4 is 11.7 Å². The Bertz CT molecular complexity index is 1050. The Morgan fingerprint density at radius 2 is 1.93 bits per heavy atom. The topological polar surface area (TPSA) is 50.2 Å². The van der Waals surface area contributed by atoms with E-state index >= 15 is 0 Å². The van der Waals surface area contributed by atoms with Crippen LogP contribution < -0.4 is 5.32 Å². The van der Waals surface area contributed by atoms with Crippen molar-refractivity contribution in [1.29, 1.82) is 0 Å². The third-order valence-corrected chi connectivity index (χ3v) is 4.99. The number of benzene rings is 2. The molecule has 5 nitrogen and oxygen atoms in total. The SMILES string of the molecule is C#CCN(CC(=O)Nc1cc(C2CC2)nn1-c1ccccc1)Cc1ccc(F)cc1. The largest absolute Gasteiger partial charge is 0.309 e. The Hall–Kier alpha value is -3.43. The molecule has 0 radical (unpaired) electrons. The van der Waals surface area contributed by atoms with Crippen LogP contribution in [0.3, 0.4) is 0 Å². The van der Waals surface area contributed by atoms with Crippen molar-refractivity contribution in [3.8, 4) is 18.0 Å². The van der Waals surface area contributed by atoms with Crippen LogP contribution >= 0.6 is 0 Å². The Balaban J connectivity index is 1.48. The Labute approximate surface area is 175 Å². The van der Waals surface area contributed by atoms with Crippen LogP contribution in [0.15, 0.2) is 60.7 Å². The summed E-state index contributed by atoms with van der Waals surface area (Å²) in [5, 5.41) is 7.69. The molecule has 1 heterocycles. The first-order valence-corrected chi connectivity index (χ1v) is 9.98. The number of hydrogen-bond acceptors (Lipinski definition) is 3. The predicted octanol–water partition coefficient (Wildman–Crippen LogP) is 3.96. The van der Waals surface area contributed by atoms with Crippen molar-refractivity contribution in [2.24, 2.45) is 0 Å². The first-order valence-electron chi connectivity index (χ1n) is 9.98. The van der Waals surface area contributed by atoms with Gasteiger partial charge in [-0.1, -0.05) is 36.3 Å². The van der Waals surface area contributed by atoms with Gasteiger partial charge in [0.25, 0.3) is 0 Å². The first-order chi connectivity index (χ1) is 14.6. The molecule has 3 aromatic rings. The number of rotatable bonds is 8. The normalized spacial score (nSPS) is 13.2. The lowest BCUT2D eigenvalue weighted by molar-refractivity contribution is -0.117. The van der Waals surface area contributed by atoms with Gasteiger partial charge in [0, 0.05) is 18.5 Å². The molecule has 0 atom stereocenters. The molecule has 152 valence electrons. The molecule has 0 unspecified atom stereocenters. The summed E-state index contributed by atoms with van der Waals surface area (Å²) in [4.78, 5) is 14.6. The molecule has 4 rings (SSSR count). The highest BCUT2D eigenvalue weighted by Gasteiger charge is 2.28. The zero-order valence-corrected chi connectivity index (χ0v) is 16.6. The maximum absolute atomic E-state index is 13.1. The van der Waals surface area contributed by atoms with E-state index in [4.69, 9.17) is 11.5 Å². The zero-order valence-electron chi connectivity index (χ0n) is 16.6. The minimum atomic E-state index is -0.291. The summed E-state index contributed by atoms with van der Waals surface area (Å²) in [6.07, 6.45) is 7.75. The Morgan fingerprint density at radius 1 is 1.20 bits per heavy atom. The molecule has 1 saturated carbocycles. The molecular formula is C24H23FN4O. The molecule has 0 bridgehead atoms. The van der Waals surface area contributed by atoms with E-state index in [-0.39, 0.29) is 18.3 Å². The maximum atomic E-state index is 13.1. The lowest BCUT2D eigenvalue weighted by atomic mass is 10.2. The molecule has 30 heavy (non-hydrogen) atoms. The minimum absolute atomic E-state index is 0.125. The Kier molecular flexibility index (Phi) is 5.92. The zero-order chi connectivity index (χ0) is 20.9. The fourth-order valence-corrected chi connectivity index (χ4v) is 3.36. The molecule has 1 aliphatic carbocycles. The summed E-state index contributed by atoms with van der Waals surface area (Å²) in [6, 6.07) is 17.9. The number of nitrogens with one attached hydrogen (secondary N) is 1. The molecule has 1 amide bonds. The molecule has 6 heteroatoms. The second kappa shape index (κ2) is 8.93. The van der Waals surface area contributed by atoms with Crippen molar-refractivity contribution in [2.75, 3.05) is 18.4 Å². The van der Waals surface area contributed by atoms with E-state index in [1.807, 2.05) is 41.3 Å². The molecule has 1 aliphatic rings. The van der Waals surface area contributed by atoms with Crippen LogP contribution in [0.1, 0.15) is 30.0 Å². The highest BCUT2D eigenvalue weighted by Crippen LogP contribution is 2.40. The lowest BCUT2D eigenvalue weighted by Crippen LogP contribution is -2.33. The lowest BCUT2D eigenvalue weighted by Gasteiger charge is -2.19. The van der Waals surface area contributed by atoms with E-state index < -0.39 is 0 Å². The van der Waals surface area contributed by atoms with Gasteiger partial charge in [0.2, 0.25) is 5.91 Å². The standard InChI is InChI=1S/C24H23FN4O/c1-2-14-28(16-18-8-12-20(25)13-9-18)17-24(30)26-23-15-22(19-10-11-19)27-29(23)21-6-4-3-5-7-21/h1,3-9,12-13,15,19H,10-11,14,16-17H2,(H,26,30). The van der Waals surface area contributed by atoms with Gasteiger partial charge in [0.15, 0.2) is 0 Å². The van der Waals surface area contributed by atoms with Crippen LogP contribution in [-0.2, 0) is 11.3 Å². The number of carbonyl (C=O) groups is 1. The third kappa shape index (κ3) is 4.94. The van der Waals surface area contributed by atoms with Crippen LogP contribution in [0, 0.1) is 18.2 Å². The van der Waals surface area contributed by atoms with Crippen LogP contribution in [0.25, 0.3) is 5.69 Å². The van der Waals surface area contributed by atoms with E-state index in [1.165, 1.54) is 12.1 Å². The van der Waals surface area contributed by atoms with Crippen molar-refractivity contribution in [1.82, 2.24) is 14.7 Å². The highest BCUT2D eigenvalue weighted by atomic mass is 19.1. The molecule has 2 aromatic carbocycles. The van der Waals surface area contributed by atoms with Gasteiger partial charge in [-0.3, -0.25) is 9.69 Å². The summed E-state index contributed by atoms with van der Waals surface area (Å²) in [7, 11) is 0.